The van der Waals surface area contributed by atoms with Crippen LogP contribution in [0.25, 0.3) is 11.0 Å². The number of amides is 1. The van der Waals surface area contributed by atoms with Crippen molar-refractivity contribution in [3.63, 3.8) is 0 Å². The third kappa shape index (κ3) is 3.95. The SMILES string of the molecule is CCN(C(=O)CCn1c(C)nc2c(cnn2C(C)(C)C)c1=O)c1ccccc1C. The Balaban J connectivity index is 1.88. The van der Waals surface area contributed by atoms with Crippen molar-refractivity contribution < 1.29 is 4.79 Å². The van der Waals surface area contributed by atoms with Crippen molar-refractivity contribution in [1.29, 1.82) is 0 Å². The zero-order valence-corrected chi connectivity index (χ0v) is 18.1. The van der Waals surface area contributed by atoms with Gasteiger partial charge >= 0.3 is 0 Å². The Kier molecular flexibility index (Phi) is 5.59. The summed E-state index contributed by atoms with van der Waals surface area (Å²) in [6.07, 6.45) is 1.79. The van der Waals surface area contributed by atoms with E-state index in [1.807, 2.05) is 58.9 Å². The number of hydrogen-bond donors (Lipinski definition) is 0. The summed E-state index contributed by atoms with van der Waals surface area (Å²) in [6.45, 7) is 12.7. The molecule has 2 aromatic heterocycles. The molecule has 7 heteroatoms. The molecule has 3 rings (SSSR count). The molecule has 0 aliphatic rings. The van der Waals surface area contributed by atoms with E-state index in [2.05, 4.69) is 10.1 Å². The molecule has 0 atom stereocenters. The zero-order valence-electron chi connectivity index (χ0n) is 18.1. The average molecular weight is 396 g/mol. The predicted molar refractivity (Wildman–Crippen MR) is 115 cm³/mol. The third-order valence-corrected chi connectivity index (χ3v) is 5.09. The van der Waals surface area contributed by atoms with Gasteiger partial charge in [0.25, 0.3) is 5.56 Å². The third-order valence-electron chi connectivity index (χ3n) is 5.09. The van der Waals surface area contributed by atoms with Crippen LogP contribution in [-0.2, 0) is 16.9 Å². The van der Waals surface area contributed by atoms with Crippen LogP contribution >= 0.6 is 0 Å². The molecule has 0 aliphatic carbocycles. The molecule has 0 spiro atoms. The number of nitrogens with zero attached hydrogens (tertiary/aromatic N) is 5. The molecule has 0 aliphatic heterocycles. The van der Waals surface area contributed by atoms with E-state index in [4.69, 9.17) is 0 Å². The van der Waals surface area contributed by atoms with Gasteiger partial charge in [-0.15, -0.1) is 0 Å². The number of aryl methyl sites for hydroxylation is 2. The van der Waals surface area contributed by atoms with Crippen LogP contribution in [0.4, 0.5) is 5.69 Å². The van der Waals surface area contributed by atoms with Gasteiger partial charge in [-0.2, -0.15) is 5.10 Å². The summed E-state index contributed by atoms with van der Waals surface area (Å²) in [7, 11) is 0. The van der Waals surface area contributed by atoms with E-state index in [0.29, 0.717) is 23.4 Å². The smallest absolute Gasteiger partial charge is 0.264 e. The van der Waals surface area contributed by atoms with Gasteiger partial charge in [0.1, 0.15) is 11.2 Å². The number of carbonyl (C=O) groups excluding carboxylic acids is 1. The number of aromatic nitrogens is 4. The second kappa shape index (κ2) is 7.81. The van der Waals surface area contributed by atoms with Crippen molar-refractivity contribution in [1.82, 2.24) is 19.3 Å². The Morgan fingerprint density at radius 2 is 1.86 bits per heavy atom. The standard InChI is InChI=1S/C22H29N5O2/c1-7-25(18-11-9-8-10-15(18)2)19(28)12-13-26-16(3)24-20-17(21(26)29)14-23-27(20)22(4,5)6/h8-11,14H,7,12-13H2,1-6H3. The maximum absolute atomic E-state index is 13.0. The molecule has 1 amide bonds. The van der Waals surface area contributed by atoms with Gasteiger partial charge in [0.2, 0.25) is 5.91 Å². The van der Waals surface area contributed by atoms with Crippen molar-refractivity contribution in [2.24, 2.45) is 0 Å². The first-order chi connectivity index (χ1) is 13.6. The van der Waals surface area contributed by atoms with Gasteiger partial charge < -0.3 is 4.90 Å². The van der Waals surface area contributed by atoms with E-state index in [1.54, 1.807) is 27.3 Å². The first kappa shape index (κ1) is 20.8. The molecule has 154 valence electrons. The molecule has 0 N–H and O–H groups in total. The Bertz CT molecular complexity index is 1100. The minimum absolute atomic E-state index is 0.0152. The monoisotopic (exact) mass is 395 g/mol. The van der Waals surface area contributed by atoms with E-state index < -0.39 is 0 Å². The summed E-state index contributed by atoms with van der Waals surface area (Å²) in [4.78, 5) is 32.3. The number of carbonyl (C=O) groups is 1. The lowest BCUT2D eigenvalue weighted by Gasteiger charge is -2.23. The summed E-state index contributed by atoms with van der Waals surface area (Å²) < 4.78 is 3.34. The lowest BCUT2D eigenvalue weighted by Crippen LogP contribution is -2.33. The number of fused-ring (bicyclic) bond motifs is 1. The Hall–Kier alpha value is -2.96. The highest BCUT2D eigenvalue weighted by molar-refractivity contribution is 5.94. The largest absolute Gasteiger partial charge is 0.312 e. The van der Waals surface area contributed by atoms with Crippen molar-refractivity contribution in [3.05, 3.63) is 52.2 Å². The fourth-order valence-corrected chi connectivity index (χ4v) is 3.55. The average Bonchev–Trinajstić information content (AvgIpc) is 3.08. The maximum atomic E-state index is 13.0. The molecule has 7 nitrogen and oxygen atoms in total. The van der Waals surface area contributed by atoms with Gasteiger partial charge in [0, 0.05) is 25.2 Å². The predicted octanol–water partition coefficient (Wildman–Crippen LogP) is 3.41. The van der Waals surface area contributed by atoms with E-state index >= 15 is 0 Å². The molecular formula is C22H29N5O2. The summed E-state index contributed by atoms with van der Waals surface area (Å²) in [5, 5.41) is 4.84. The summed E-state index contributed by atoms with van der Waals surface area (Å²) in [5.74, 6) is 0.568. The highest BCUT2D eigenvalue weighted by Gasteiger charge is 2.22. The molecule has 0 saturated heterocycles. The Labute approximate surface area is 171 Å². The van der Waals surface area contributed by atoms with Crippen LogP contribution < -0.4 is 10.5 Å². The molecule has 0 saturated carbocycles. The van der Waals surface area contributed by atoms with Crippen molar-refractivity contribution in [3.8, 4) is 0 Å². The molecule has 1 aromatic carbocycles. The Morgan fingerprint density at radius 3 is 2.48 bits per heavy atom. The highest BCUT2D eigenvalue weighted by atomic mass is 16.2. The van der Waals surface area contributed by atoms with Gasteiger partial charge in [0.05, 0.1) is 11.7 Å². The number of hydrogen-bond acceptors (Lipinski definition) is 4. The minimum atomic E-state index is -0.273. The van der Waals surface area contributed by atoms with Crippen LogP contribution in [0.2, 0.25) is 0 Å². The van der Waals surface area contributed by atoms with Gasteiger partial charge in [0.15, 0.2) is 5.65 Å². The maximum Gasteiger partial charge on any atom is 0.264 e. The molecule has 2 heterocycles. The van der Waals surface area contributed by atoms with Gasteiger partial charge in [-0.3, -0.25) is 14.2 Å². The highest BCUT2D eigenvalue weighted by Crippen LogP contribution is 2.21. The quantitative estimate of drug-likeness (QED) is 0.664. The van der Waals surface area contributed by atoms with E-state index in [-0.39, 0.29) is 30.0 Å². The molecule has 3 aromatic rings. The lowest BCUT2D eigenvalue weighted by atomic mass is 10.1. The molecule has 29 heavy (non-hydrogen) atoms. The molecule has 0 fully saturated rings. The summed E-state index contributed by atoms with van der Waals surface area (Å²) >= 11 is 0. The van der Waals surface area contributed by atoms with E-state index in [9.17, 15) is 9.59 Å². The number of anilines is 1. The van der Waals surface area contributed by atoms with Crippen LogP contribution in [0, 0.1) is 13.8 Å². The number of benzene rings is 1. The molecule has 0 unspecified atom stereocenters. The first-order valence-electron chi connectivity index (χ1n) is 9.96. The minimum Gasteiger partial charge on any atom is -0.312 e. The molecule has 0 radical (unpaired) electrons. The van der Waals surface area contributed by atoms with E-state index in [0.717, 1.165) is 11.3 Å². The van der Waals surface area contributed by atoms with Crippen LogP contribution in [0.15, 0.2) is 35.3 Å². The number of rotatable bonds is 5. The van der Waals surface area contributed by atoms with Crippen LogP contribution in [0.1, 0.15) is 45.5 Å². The molecule has 0 bridgehead atoms. The van der Waals surface area contributed by atoms with Crippen LogP contribution in [0.5, 0.6) is 0 Å². The fourth-order valence-electron chi connectivity index (χ4n) is 3.55. The second-order valence-electron chi connectivity index (χ2n) is 8.25. The van der Waals surface area contributed by atoms with Crippen molar-refractivity contribution in [2.45, 2.75) is 60.0 Å². The van der Waals surface area contributed by atoms with Gasteiger partial charge in [-0.1, -0.05) is 18.2 Å². The summed E-state index contributed by atoms with van der Waals surface area (Å²) in [6, 6.07) is 7.82. The summed E-state index contributed by atoms with van der Waals surface area (Å²) in [5.41, 5.74) is 2.11. The Morgan fingerprint density at radius 1 is 1.17 bits per heavy atom. The fraction of sp³-hybridized carbons (Fsp3) is 0.455. The van der Waals surface area contributed by atoms with Gasteiger partial charge in [-0.05, 0) is 53.2 Å². The van der Waals surface area contributed by atoms with Crippen molar-refractivity contribution >= 4 is 22.6 Å². The van der Waals surface area contributed by atoms with Crippen LogP contribution in [0.3, 0.4) is 0 Å². The first-order valence-corrected chi connectivity index (χ1v) is 9.96. The number of para-hydroxylation sites is 1. The second-order valence-corrected chi connectivity index (χ2v) is 8.25. The lowest BCUT2D eigenvalue weighted by molar-refractivity contribution is -0.118. The zero-order chi connectivity index (χ0) is 21.3. The topological polar surface area (TPSA) is 73.0 Å². The van der Waals surface area contributed by atoms with Crippen molar-refractivity contribution in [2.75, 3.05) is 11.4 Å². The molecular weight excluding hydrogens is 366 g/mol. The normalized spacial score (nSPS) is 11.8. The van der Waals surface area contributed by atoms with E-state index in [1.165, 1.54) is 0 Å². The van der Waals surface area contributed by atoms with Crippen LogP contribution in [-0.4, -0.2) is 31.8 Å². The van der Waals surface area contributed by atoms with Gasteiger partial charge in [-0.25, -0.2) is 9.67 Å².